The number of hydrogen-bond donors (Lipinski definition) is 1. The van der Waals surface area contributed by atoms with Crippen molar-refractivity contribution >= 4 is 0 Å². The van der Waals surface area contributed by atoms with Crippen molar-refractivity contribution in [3.05, 3.63) is 34.9 Å². The summed E-state index contributed by atoms with van der Waals surface area (Å²) in [5.74, 6) is 0. The van der Waals surface area contributed by atoms with Gasteiger partial charge in [0.1, 0.15) is 0 Å². The van der Waals surface area contributed by atoms with Crippen molar-refractivity contribution in [2.75, 3.05) is 0 Å². The lowest BCUT2D eigenvalue weighted by molar-refractivity contribution is 0.195. The molecule has 0 aliphatic rings. The second-order valence-corrected chi connectivity index (χ2v) is 3.48. The summed E-state index contributed by atoms with van der Waals surface area (Å²) in [6, 6.07) is 6.34. The van der Waals surface area contributed by atoms with Gasteiger partial charge in [-0.15, -0.1) is 0 Å². The molecule has 1 nitrogen and oxygen atoms in total. The van der Waals surface area contributed by atoms with Gasteiger partial charge in [-0.25, -0.2) is 0 Å². The van der Waals surface area contributed by atoms with Crippen LogP contribution in [-0.4, -0.2) is 11.2 Å². The molecule has 1 atom stereocenters. The van der Waals surface area contributed by atoms with Gasteiger partial charge in [0.15, 0.2) is 0 Å². The average Bonchev–Trinajstić information content (AvgIpc) is 1.96. The number of rotatable bonds is 2. The number of benzene rings is 1. The minimum atomic E-state index is -0.245. The molecule has 0 amide bonds. The Balaban J connectivity index is 2.90. The molecule has 0 aliphatic carbocycles. The molecule has 0 unspecified atom stereocenters. The van der Waals surface area contributed by atoms with Gasteiger partial charge in [-0.2, -0.15) is 0 Å². The molecule has 1 aromatic carbocycles. The molecule has 1 N–H and O–H groups in total. The lowest BCUT2D eigenvalue weighted by Gasteiger charge is -2.08. The van der Waals surface area contributed by atoms with Crippen LogP contribution in [0.15, 0.2) is 18.2 Å². The predicted molar refractivity (Wildman–Crippen MR) is 51.3 cm³/mol. The third-order valence-electron chi connectivity index (χ3n) is 2.02. The van der Waals surface area contributed by atoms with Crippen LogP contribution in [0.2, 0.25) is 0 Å². The Labute approximate surface area is 74.1 Å². The summed E-state index contributed by atoms with van der Waals surface area (Å²) >= 11 is 0. The summed E-state index contributed by atoms with van der Waals surface area (Å²) in [4.78, 5) is 0. The first-order valence-electron chi connectivity index (χ1n) is 4.34. The Hall–Kier alpha value is -0.820. The number of aliphatic hydroxyl groups excluding tert-OH is 1. The molecular formula is C11H16O. The molecule has 0 bridgehead atoms. The van der Waals surface area contributed by atoms with Gasteiger partial charge in [-0.1, -0.05) is 23.8 Å². The van der Waals surface area contributed by atoms with Gasteiger partial charge in [0.25, 0.3) is 0 Å². The highest BCUT2D eigenvalue weighted by Crippen LogP contribution is 2.12. The maximum absolute atomic E-state index is 9.22. The predicted octanol–water partition coefficient (Wildman–Crippen LogP) is 2.23. The maximum atomic E-state index is 9.22. The van der Waals surface area contributed by atoms with Gasteiger partial charge < -0.3 is 5.11 Å². The Bertz CT molecular complexity index is 264. The third kappa shape index (κ3) is 2.35. The van der Waals surface area contributed by atoms with E-state index >= 15 is 0 Å². The molecule has 1 heteroatoms. The SMILES string of the molecule is Cc1ccc(C)c(C[C@@H](C)O)c1. The first-order chi connectivity index (χ1) is 5.59. The van der Waals surface area contributed by atoms with Crippen LogP contribution < -0.4 is 0 Å². The summed E-state index contributed by atoms with van der Waals surface area (Å²) in [6.45, 7) is 5.98. The van der Waals surface area contributed by atoms with E-state index in [2.05, 4.69) is 32.0 Å². The first-order valence-corrected chi connectivity index (χ1v) is 4.34. The summed E-state index contributed by atoms with van der Waals surface area (Å²) in [5.41, 5.74) is 3.78. The van der Waals surface area contributed by atoms with Crippen LogP contribution in [0.4, 0.5) is 0 Å². The topological polar surface area (TPSA) is 20.2 Å². The van der Waals surface area contributed by atoms with Crippen LogP contribution in [0, 0.1) is 13.8 Å². The van der Waals surface area contributed by atoms with Crippen LogP contribution in [0.5, 0.6) is 0 Å². The van der Waals surface area contributed by atoms with Crippen LogP contribution in [-0.2, 0) is 6.42 Å². The molecule has 1 rings (SSSR count). The van der Waals surface area contributed by atoms with Gasteiger partial charge in [0.05, 0.1) is 6.10 Å². The fraction of sp³-hybridized carbons (Fsp3) is 0.455. The van der Waals surface area contributed by atoms with Crippen molar-refractivity contribution in [2.45, 2.75) is 33.3 Å². The second-order valence-electron chi connectivity index (χ2n) is 3.48. The van der Waals surface area contributed by atoms with Crippen LogP contribution in [0.3, 0.4) is 0 Å². The van der Waals surface area contributed by atoms with Gasteiger partial charge in [-0.3, -0.25) is 0 Å². The van der Waals surface area contributed by atoms with Crippen LogP contribution in [0.25, 0.3) is 0 Å². The van der Waals surface area contributed by atoms with Crippen molar-refractivity contribution < 1.29 is 5.11 Å². The first kappa shape index (κ1) is 9.27. The fourth-order valence-electron chi connectivity index (χ4n) is 1.34. The van der Waals surface area contributed by atoms with Crippen molar-refractivity contribution in [2.24, 2.45) is 0 Å². The Kier molecular flexibility index (Phi) is 2.88. The van der Waals surface area contributed by atoms with E-state index in [0.717, 1.165) is 6.42 Å². The smallest absolute Gasteiger partial charge is 0.0552 e. The minimum absolute atomic E-state index is 0.245. The monoisotopic (exact) mass is 164 g/mol. The van der Waals surface area contributed by atoms with Gasteiger partial charge in [0.2, 0.25) is 0 Å². The van der Waals surface area contributed by atoms with E-state index in [1.54, 1.807) is 0 Å². The van der Waals surface area contributed by atoms with E-state index < -0.39 is 0 Å². The number of hydrogen-bond acceptors (Lipinski definition) is 1. The van der Waals surface area contributed by atoms with Crippen molar-refractivity contribution in [1.29, 1.82) is 0 Å². The summed E-state index contributed by atoms with van der Waals surface area (Å²) < 4.78 is 0. The summed E-state index contributed by atoms with van der Waals surface area (Å²) in [7, 11) is 0. The maximum Gasteiger partial charge on any atom is 0.0552 e. The van der Waals surface area contributed by atoms with Gasteiger partial charge in [-0.05, 0) is 38.3 Å². The minimum Gasteiger partial charge on any atom is -0.393 e. The zero-order chi connectivity index (χ0) is 9.14. The van der Waals surface area contributed by atoms with E-state index in [-0.39, 0.29) is 6.10 Å². The molecule has 0 heterocycles. The quantitative estimate of drug-likeness (QED) is 0.710. The molecule has 0 saturated heterocycles. The largest absolute Gasteiger partial charge is 0.393 e. The van der Waals surface area contributed by atoms with E-state index in [1.165, 1.54) is 16.7 Å². The van der Waals surface area contributed by atoms with E-state index in [0.29, 0.717) is 0 Å². The second kappa shape index (κ2) is 3.72. The highest BCUT2D eigenvalue weighted by Gasteiger charge is 2.01. The molecule has 0 fully saturated rings. The average molecular weight is 164 g/mol. The molecule has 0 aromatic heterocycles. The lowest BCUT2D eigenvalue weighted by Crippen LogP contribution is -2.05. The molecule has 0 saturated carbocycles. The Morgan fingerprint density at radius 3 is 2.58 bits per heavy atom. The lowest BCUT2D eigenvalue weighted by atomic mass is 10.0. The molecular weight excluding hydrogens is 148 g/mol. The van der Waals surface area contributed by atoms with Crippen LogP contribution >= 0.6 is 0 Å². The summed E-state index contributed by atoms with van der Waals surface area (Å²) in [6.07, 6.45) is 0.513. The van der Waals surface area contributed by atoms with E-state index in [9.17, 15) is 5.11 Å². The zero-order valence-corrected chi connectivity index (χ0v) is 7.96. The molecule has 0 radical (unpaired) electrons. The molecule has 66 valence electrons. The van der Waals surface area contributed by atoms with Crippen LogP contribution in [0.1, 0.15) is 23.6 Å². The Morgan fingerprint density at radius 2 is 2.00 bits per heavy atom. The van der Waals surface area contributed by atoms with Gasteiger partial charge >= 0.3 is 0 Å². The fourth-order valence-corrected chi connectivity index (χ4v) is 1.34. The van der Waals surface area contributed by atoms with E-state index in [1.807, 2.05) is 6.92 Å². The normalized spacial score (nSPS) is 13.0. The zero-order valence-electron chi connectivity index (χ0n) is 7.96. The number of aryl methyl sites for hydroxylation is 2. The standard InChI is InChI=1S/C11H16O/c1-8-4-5-9(2)11(6-8)7-10(3)12/h4-6,10,12H,7H2,1-3H3/t10-/m1/s1. The number of aliphatic hydroxyl groups is 1. The van der Waals surface area contributed by atoms with Crippen molar-refractivity contribution in [3.63, 3.8) is 0 Å². The molecule has 0 aliphatic heterocycles. The highest BCUT2D eigenvalue weighted by molar-refractivity contribution is 5.30. The highest BCUT2D eigenvalue weighted by atomic mass is 16.3. The van der Waals surface area contributed by atoms with Gasteiger partial charge in [0, 0.05) is 0 Å². The van der Waals surface area contributed by atoms with Crippen molar-refractivity contribution in [3.8, 4) is 0 Å². The molecule has 0 spiro atoms. The molecule has 12 heavy (non-hydrogen) atoms. The molecule has 1 aromatic rings. The van der Waals surface area contributed by atoms with E-state index in [4.69, 9.17) is 0 Å². The summed E-state index contributed by atoms with van der Waals surface area (Å²) in [5, 5.41) is 9.22. The van der Waals surface area contributed by atoms with Crippen molar-refractivity contribution in [1.82, 2.24) is 0 Å². The third-order valence-corrected chi connectivity index (χ3v) is 2.02. The Morgan fingerprint density at radius 1 is 1.33 bits per heavy atom.